The molecule has 0 fully saturated rings. The van der Waals surface area contributed by atoms with Crippen LogP contribution in [0.25, 0.3) is 0 Å². The largest absolute Gasteiger partial charge is 0.389 e. The summed E-state index contributed by atoms with van der Waals surface area (Å²) in [4.78, 5) is 5.42. The zero-order chi connectivity index (χ0) is 13.8. The Morgan fingerprint density at radius 2 is 1.89 bits per heavy atom. The molecule has 1 N–H and O–H groups in total. The number of benzene rings is 1. The van der Waals surface area contributed by atoms with E-state index in [-0.39, 0.29) is 0 Å². The molecule has 1 heterocycles. The highest BCUT2D eigenvalue weighted by Crippen LogP contribution is 2.25. The van der Waals surface area contributed by atoms with E-state index in [2.05, 4.69) is 35.5 Å². The van der Waals surface area contributed by atoms with Crippen molar-refractivity contribution < 1.29 is 5.11 Å². The van der Waals surface area contributed by atoms with Crippen molar-refractivity contribution in [2.24, 2.45) is 0 Å². The van der Waals surface area contributed by atoms with Gasteiger partial charge in [0, 0.05) is 28.6 Å². The van der Waals surface area contributed by atoms with Gasteiger partial charge in [-0.05, 0) is 38.5 Å². The van der Waals surface area contributed by atoms with Gasteiger partial charge >= 0.3 is 0 Å². The molecule has 0 aliphatic heterocycles. The highest BCUT2D eigenvalue weighted by Gasteiger charge is 2.06. The Morgan fingerprint density at radius 1 is 1.21 bits per heavy atom. The van der Waals surface area contributed by atoms with Crippen LogP contribution in [0.1, 0.15) is 44.2 Å². The van der Waals surface area contributed by atoms with E-state index in [0.29, 0.717) is 6.04 Å². The molecular formula is C15H20N2OS. The van der Waals surface area contributed by atoms with Crippen LogP contribution in [-0.2, 0) is 5.75 Å². The van der Waals surface area contributed by atoms with Gasteiger partial charge in [0.05, 0.1) is 12.4 Å². The van der Waals surface area contributed by atoms with Crippen LogP contribution in [0.4, 0.5) is 0 Å². The third-order valence-electron chi connectivity index (χ3n) is 3.05. The molecule has 2 aromatic rings. The second-order valence-corrected chi connectivity index (χ2v) is 5.97. The highest BCUT2D eigenvalue weighted by atomic mass is 32.2. The molecule has 0 saturated heterocycles. The van der Waals surface area contributed by atoms with E-state index in [1.165, 1.54) is 10.6 Å². The molecule has 19 heavy (non-hydrogen) atoms. The second-order valence-electron chi connectivity index (χ2n) is 4.92. The van der Waals surface area contributed by atoms with E-state index in [9.17, 15) is 5.11 Å². The van der Waals surface area contributed by atoms with Crippen molar-refractivity contribution in [3.05, 3.63) is 48.0 Å². The molecule has 4 heteroatoms. The minimum Gasteiger partial charge on any atom is -0.389 e. The van der Waals surface area contributed by atoms with Gasteiger partial charge in [0.25, 0.3) is 0 Å². The number of hydrogen-bond donors (Lipinski definition) is 1. The molecule has 1 aromatic carbocycles. The molecule has 0 aliphatic carbocycles. The Labute approximate surface area is 118 Å². The van der Waals surface area contributed by atoms with E-state index in [1.807, 2.05) is 24.7 Å². The number of aromatic nitrogens is 2. The van der Waals surface area contributed by atoms with Gasteiger partial charge in [-0.25, -0.2) is 4.98 Å². The lowest BCUT2D eigenvalue weighted by molar-refractivity contribution is 0.199. The Morgan fingerprint density at radius 3 is 2.47 bits per heavy atom. The van der Waals surface area contributed by atoms with E-state index < -0.39 is 6.10 Å². The van der Waals surface area contributed by atoms with Gasteiger partial charge in [-0.3, -0.25) is 0 Å². The molecule has 1 atom stereocenters. The summed E-state index contributed by atoms with van der Waals surface area (Å²) in [7, 11) is 0. The van der Waals surface area contributed by atoms with Crippen LogP contribution in [0.5, 0.6) is 0 Å². The summed E-state index contributed by atoms with van der Waals surface area (Å²) >= 11 is 1.79. The fraction of sp³-hybridized carbons (Fsp3) is 0.400. The van der Waals surface area contributed by atoms with Crippen molar-refractivity contribution in [3.8, 4) is 0 Å². The van der Waals surface area contributed by atoms with Crippen LogP contribution in [0.2, 0.25) is 0 Å². The number of thioether (sulfide) groups is 1. The summed E-state index contributed by atoms with van der Waals surface area (Å²) in [5, 5.41) is 9.47. The minimum atomic E-state index is -0.401. The van der Waals surface area contributed by atoms with Crippen molar-refractivity contribution in [2.75, 3.05) is 0 Å². The van der Waals surface area contributed by atoms with Crippen LogP contribution in [0.15, 0.2) is 41.7 Å². The molecule has 3 nitrogen and oxygen atoms in total. The van der Waals surface area contributed by atoms with Crippen LogP contribution in [-0.4, -0.2) is 14.7 Å². The number of aliphatic hydroxyl groups is 1. The average Bonchev–Trinajstić information content (AvgIpc) is 2.85. The lowest BCUT2D eigenvalue weighted by atomic mass is 10.1. The summed E-state index contributed by atoms with van der Waals surface area (Å²) in [6.45, 7) is 6.10. The van der Waals surface area contributed by atoms with Gasteiger partial charge in [0.15, 0.2) is 0 Å². The lowest BCUT2D eigenvalue weighted by Gasteiger charge is -2.11. The summed E-state index contributed by atoms with van der Waals surface area (Å²) in [6.07, 6.45) is 3.41. The summed E-state index contributed by atoms with van der Waals surface area (Å²) in [6, 6.07) is 8.51. The van der Waals surface area contributed by atoms with Crippen molar-refractivity contribution in [3.63, 3.8) is 0 Å². The maximum absolute atomic E-state index is 9.47. The fourth-order valence-corrected chi connectivity index (χ4v) is 2.78. The smallest absolute Gasteiger partial charge is 0.0950 e. The predicted molar refractivity (Wildman–Crippen MR) is 79.2 cm³/mol. The zero-order valence-electron chi connectivity index (χ0n) is 11.6. The number of imidazole rings is 1. The summed E-state index contributed by atoms with van der Waals surface area (Å²) in [5.74, 6) is 0.909. The topological polar surface area (TPSA) is 38.1 Å². The third-order valence-corrected chi connectivity index (χ3v) is 4.10. The molecule has 0 aliphatic rings. The molecule has 0 spiro atoms. The van der Waals surface area contributed by atoms with Gasteiger partial charge in [0.2, 0.25) is 0 Å². The predicted octanol–water partition coefficient (Wildman–Crippen LogP) is 3.81. The fourth-order valence-electron chi connectivity index (χ4n) is 1.91. The van der Waals surface area contributed by atoms with Crippen molar-refractivity contribution >= 4 is 11.8 Å². The minimum absolute atomic E-state index is 0.401. The normalized spacial score (nSPS) is 12.9. The first kappa shape index (κ1) is 14.2. The Kier molecular flexibility index (Phi) is 4.66. The van der Waals surface area contributed by atoms with Crippen LogP contribution >= 0.6 is 11.8 Å². The van der Waals surface area contributed by atoms with Gasteiger partial charge in [-0.15, -0.1) is 11.8 Å². The first-order chi connectivity index (χ1) is 9.08. The zero-order valence-corrected chi connectivity index (χ0v) is 12.4. The van der Waals surface area contributed by atoms with Gasteiger partial charge < -0.3 is 9.67 Å². The summed E-state index contributed by atoms with van der Waals surface area (Å²) < 4.78 is 2.19. The van der Waals surface area contributed by atoms with Crippen molar-refractivity contribution in [1.29, 1.82) is 0 Å². The standard InChI is InChI=1S/C15H20N2OS/c1-11(2)17-10-16-8-14(17)9-19-15-6-4-13(5-7-15)12(3)18/h4-8,10-12,18H,9H2,1-3H3. The van der Waals surface area contributed by atoms with Crippen molar-refractivity contribution in [1.82, 2.24) is 9.55 Å². The van der Waals surface area contributed by atoms with Crippen LogP contribution < -0.4 is 0 Å². The third kappa shape index (κ3) is 3.61. The maximum atomic E-state index is 9.47. The molecule has 0 amide bonds. The van der Waals surface area contributed by atoms with Gasteiger partial charge in [-0.2, -0.15) is 0 Å². The highest BCUT2D eigenvalue weighted by molar-refractivity contribution is 7.98. The Bertz CT molecular complexity index is 517. The average molecular weight is 276 g/mol. The SMILES string of the molecule is CC(O)c1ccc(SCc2cncn2C(C)C)cc1. The second kappa shape index (κ2) is 6.26. The van der Waals surface area contributed by atoms with Gasteiger partial charge in [-0.1, -0.05) is 12.1 Å². The molecule has 2 rings (SSSR count). The van der Waals surface area contributed by atoms with Crippen LogP contribution in [0, 0.1) is 0 Å². The molecule has 0 saturated carbocycles. The lowest BCUT2D eigenvalue weighted by Crippen LogP contribution is -2.02. The molecule has 0 radical (unpaired) electrons. The monoisotopic (exact) mass is 276 g/mol. The van der Waals surface area contributed by atoms with Crippen LogP contribution in [0.3, 0.4) is 0 Å². The summed E-state index contributed by atoms with van der Waals surface area (Å²) in [5.41, 5.74) is 2.19. The number of nitrogens with zero attached hydrogens (tertiary/aromatic N) is 2. The molecular weight excluding hydrogens is 256 g/mol. The number of rotatable bonds is 5. The molecule has 1 aromatic heterocycles. The number of hydrogen-bond acceptors (Lipinski definition) is 3. The quantitative estimate of drug-likeness (QED) is 0.844. The van der Waals surface area contributed by atoms with E-state index in [0.717, 1.165) is 11.3 Å². The Hall–Kier alpha value is -1.26. The maximum Gasteiger partial charge on any atom is 0.0950 e. The molecule has 1 unspecified atom stereocenters. The Balaban J connectivity index is 2.00. The van der Waals surface area contributed by atoms with E-state index in [4.69, 9.17) is 0 Å². The van der Waals surface area contributed by atoms with Crippen molar-refractivity contribution in [2.45, 2.75) is 43.6 Å². The molecule has 102 valence electrons. The van der Waals surface area contributed by atoms with E-state index in [1.54, 1.807) is 18.7 Å². The first-order valence-corrected chi connectivity index (χ1v) is 7.48. The first-order valence-electron chi connectivity index (χ1n) is 6.49. The molecule has 0 bridgehead atoms. The van der Waals surface area contributed by atoms with E-state index >= 15 is 0 Å². The number of aliphatic hydroxyl groups excluding tert-OH is 1. The van der Waals surface area contributed by atoms with Gasteiger partial charge in [0.1, 0.15) is 0 Å².